The van der Waals surface area contributed by atoms with Crippen LogP contribution < -0.4 is 11.1 Å². The number of amides is 1. The van der Waals surface area contributed by atoms with E-state index < -0.39 is 12.0 Å². The lowest BCUT2D eigenvalue weighted by molar-refractivity contribution is -0.145. The van der Waals surface area contributed by atoms with Crippen LogP contribution in [0.3, 0.4) is 0 Å². The van der Waals surface area contributed by atoms with Gasteiger partial charge in [0.2, 0.25) is 5.91 Å². The van der Waals surface area contributed by atoms with Crippen molar-refractivity contribution < 1.29 is 14.3 Å². The minimum absolute atomic E-state index is 0.194. The van der Waals surface area contributed by atoms with Crippen molar-refractivity contribution in [1.29, 1.82) is 0 Å². The van der Waals surface area contributed by atoms with Crippen LogP contribution in [0.25, 0.3) is 6.08 Å². The van der Waals surface area contributed by atoms with E-state index in [1.807, 2.05) is 18.2 Å². The molecule has 0 aromatic carbocycles. The summed E-state index contributed by atoms with van der Waals surface area (Å²) in [6.07, 6.45) is 9.24. The van der Waals surface area contributed by atoms with Crippen molar-refractivity contribution in [3.05, 3.63) is 36.2 Å². The lowest BCUT2D eigenvalue weighted by Crippen LogP contribution is -2.41. The summed E-state index contributed by atoms with van der Waals surface area (Å²) in [5.74, 6) is -0.648. The van der Waals surface area contributed by atoms with Crippen molar-refractivity contribution in [1.82, 2.24) is 10.3 Å². The van der Waals surface area contributed by atoms with E-state index in [0.717, 1.165) is 18.4 Å². The molecule has 1 rings (SSSR count). The smallest absolute Gasteiger partial charge is 0.328 e. The summed E-state index contributed by atoms with van der Waals surface area (Å²) in [5.41, 5.74) is 6.35. The van der Waals surface area contributed by atoms with Gasteiger partial charge >= 0.3 is 5.97 Å². The molecule has 0 bridgehead atoms. The number of nitrogens with one attached hydrogen (secondary N) is 1. The quantitative estimate of drug-likeness (QED) is 0.529. The SMILES string of the molecule is COC(=O)C(CCCCN)NC(=O)CC=Cc1cccnc1. The minimum Gasteiger partial charge on any atom is -0.467 e. The molecule has 120 valence electrons. The van der Waals surface area contributed by atoms with Crippen LogP contribution in [-0.2, 0) is 14.3 Å². The Morgan fingerprint density at radius 1 is 1.45 bits per heavy atom. The lowest BCUT2D eigenvalue weighted by atomic mass is 10.1. The summed E-state index contributed by atoms with van der Waals surface area (Å²) in [6, 6.07) is 3.10. The molecular formula is C16H23N3O3. The van der Waals surface area contributed by atoms with Crippen LogP contribution >= 0.6 is 0 Å². The maximum absolute atomic E-state index is 11.9. The first-order chi connectivity index (χ1) is 10.7. The number of hydrogen-bond acceptors (Lipinski definition) is 5. The van der Waals surface area contributed by atoms with E-state index in [2.05, 4.69) is 10.3 Å². The minimum atomic E-state index is -0.615. The first-order valence-corrected chi connectivity index (χ1v) is 7.31. The Kier molecular flexibility index (Phi) is 8.52. The summed E-state index contributed by atoms with van der Waals surface area (Å²) in [5, 5.41) is 2.69. The van der Waals surface area contributed by atoms with Gasteiger partial charge < -0.3 is 15.8 Å². The fourth-order valence-corrected chi connectivity index (χ4v) is 1.91. The maximum atomic E-state index is 11.9. The Labute approximate surface area is 130 Å². The third-order valence-corrected chi connectivity index (χ3v) is 3.07. The third-order valence-electron chi connectivity index (χ3n) is 3.07. The first-order valence-electron chi connectivity index (χ1n) is 7.31. The van der Waals surface area contributed by atoms with Crippen LogP contribution in [0.1, 0.15) is 31.2 Å². The van der Waals surface area contributed by atoms with Crippen LogP contribution in [0.2, 0.25) is 0 Å². The zero-order chi connectivity index (χ0) is 16.2. The second-order valence-corrected chi connectivity index (χ2v) is 4.82. The second-order valence-electron chi connectivity index (χ2n) is 4.82. The highest BCUT2D eigenvalue weighted by Gasteiger charge is 2.20. The molecule has 1 heterocycles. The van der Waals surface area contributed by atoms with Crippen LogP contribution in [0.5, 0.6) is 0 Å². The maximum Gasteiger partial charge on any atom is 0.328 e. The number of carbonyl (C=O) groups excluding carboxylic acids is 2. The van der Waals surface area contributed by atoms with Gasteiger partial charge in [-0.3, -0.25) is 9.78 Å². The molecule has 1 atom stereocenters. The van der Waals surface area contributed by atoms with E-state index in [9.17, 15) is 9.59 Å². The summed E-state index contributed by atoms with van der Waals surface area (Å²) in [4.78, 5) is 27.5. The van der Waals surface area contributed by atoms with E-state index in [-0.39, 0.29) is 12.3 Å². The predicted octanol–water partition coefficient (Wildman–Crippen LogP) is 1.27. The fourth-order valence-electron chi connectivity index (χ4n) is 1.91. The summed E-state index contributed by atoms with van der Waals surface area (Å²) < 4.78 is 4.71. The number of carbonyl (C=O) groups is 2. The highest BCUT2D eigenvalue weighted by atomic mass is 16.5. The zero-order valence-corrected chi connectivity index (χ0v) is 12.8. The summed E-state index contributed by atoms with van der Waals surface area (Å²) >= 11 is 0. The summed E-state index contributed by atoms with van der Waals surface area (Å²) in [6.45, 7) is 0.565. The molecule has 1 aromatic heterocycles. The number of hydrogen-bond donors (Lipinski definition) is 2. The average Bonchev–Trinajstić information content (AvgIpc) is 2.54. The molecule has 22 heavy (non-hydrogen) atoms. The van der Waals surface area contributed by atoms with Gasteiger partial charge in [0.05, 0.1) is 7.11 Å². The Morgan fingerprint density at radius 3 is 2.91 bits per heavy atom. The number of rotatable bonds is 9. The number of esters is 1. The number of ether oxygens (including phenoxy) is 1. The van der Waals surface area contributed by atoms with Crippen molar-refractivity contribution >= 4 is 18.0 Å². The Hall–Kier alpha value is -2.21. The molecule has 1 unspecified atom stereocenters. The standard InChI is InChI=1S/C16H23N3O3/c1-22-16(21)14(8-2-3-10-17)19-15(20)9-4-6-13-7-5-11-18-12-13/h4-7,11-12,14H,2-3,8-10,17H2,1H3,(H,19,20). The van der Waals surface area contributed by atoms with E-state index in [4.69, 9.17) is 10.5 Å². The highest BCUT2D eigenvalue weighted by Crippen LogP contribution is 2.04. The zero-order valence-electron chi connectivity index (χ0n) is 12.8. The van der Waals surface area contributed by atoms with Gasteiger partial charge in [0.1, 0.15) is 6.04 Å². The normalized spacial score (nSPS) is 12.1. The molecule has 0 saturated heterocycles. The average molecular weight is 305 g/mol. The number of nitrogens with two attached hydrogens (primary N) is 1. The van der Waals surface area contributed by atoms with Crippen LogP contribution in [0.15, 0.2) is 30.6 Å². The summed E-state index contributed by atoms with van der Waals surface area (Å²) in [7, 11) is 1.31. The molecule has 0 spiro atoms. The van der Waals surface area contributed by atoms with Gasteiger partial charge in [0, 0.05) is 18.8 Å². The number of aromatic nitrogens is 1. The first kappa shape index (κ1) is 17.8. The van der Waals surface area contributed by atoms with E-state index >= 15 is 0 Å². The van der Waals surface area contributed by atoms with Gasteiger partial charge in [-0.1, -0.05) is 18.2 Å². The fraction of sp³-hybridized carbons (Fsp3) is 0.438. The largest absolute Gasteiger partial charge is 0.467 e. The Morgan fingerprint density at radius 2 is 2.27 bits per heavy atom. The van der Waals surface area contributed by atoms with Gasteiger partial charge in [-0.05, 0) is 37.4 Å². The molecule has 0 fully saturated rings. The monoisotopic (exact) mass is 305 g/mol. The number of nitrogens with zero attached hydrogens (tertiary/aromatic N) is 1. The van der Waals surface area contributed by atoms with Crippen molar-refractivity contribution in [2.24, 2.45) is 5.73 Å². The third kappa shape index (κ3) is 6.99. The second kappa shape index (κ2) is 10.5. The van der Waals surface area contributed by atoms with Crippen LogP contribution in [-0.4, -0.2) is 36.6 Å². The molecule has 6 nitrogen and oxygen atoms in total. The predicted molar refractivity (Wildman–Crippen MR) is 84.7 cm³/mol. The molecular weight excluding hydrogens is 282 g/mol. The van der Waals surface area contributed by atoms with Gasteiger partial charge in [0.25, 0.3) is 0 Å². The Balaban J connectivity index is 2.45. The lowest BCUT2D eigenvalue weighted by Gasteiger charge is -2.15. The van der Waals surface area contributed by atoms with Crippen LogP contribution in [0.4, 0.5) is 0 Å². The molecule has 6 heteroatoms. The topological polar surface area (TPSA) is 94.3 Å². The van der Waals surface area contributed by atoms with Gasteiger partial charge in [-0.15, -0.1) is 0 Å². The van der Waals surface area contributed by atoms with E-state index in [1.165, 1.54) is 7.11 Å². The number of pyridine rings is 1. The van der Waals surface area contributed by atoms with Crippen LogP contribution in [0, 0.1) is 0 Å². The molecule has 1 amide bonds. The molecule has 0 radical (unpaired) electrons. The molecule has 0 aliphatic heterocycles. The molecule has 1 aromatic rings. The van der Waals surface area contributed by atoms with Gasteiger partial charge in [-0.2, -0.15) is 0 Å². The van der Waals surface area contributed by atoms with E-state index in [0.29, 0.717) is 13.0 Å². The number of unbranched alkanes of at least 4 members (excludes halogenated alkanes) is 1. The van der Waals surface area contributed by atoms with Crippen molar-refractivity contribution in [3.8, 4) is 0 Å². The molecule has 3 N–H and O–H groups in total. The molecule has 0 aliphatic carbocycles. The van der Waals surface area contributed by atoms with Gasteiger partial charge in [0.15, 0.2) is 0 Å². The van der Waals surface area contributed by atoms with Crippen molar-refractivity contribution in [2.75, 3.05) is 13.7 Å². The molecule has 0 saturated carbocycles. The van der Waals surface area contributed by atoms with Gasteiger partial charge in [-0.25, -0.2) is 4.79 Å². The highest BCUT2D eigenvalue weighted by molar-refractivity contribution is 5.85. The van der Waals surface area contributed by atoms with Crippen molar-refractivity contribution in [3.63, 3.8) is 0 Å². The van der Waals surface area contributed by atoms with Crippen molar-refractivity contribution in [2.45, 2.75) is 31.7 Å². The number of methoxy groups -OCH3 is 1. The Bertz CT molecular complexity index is 489. The van der Waals surface area contributed by atoms with E-state index in [1.54, 1.807) is 18.5 Å². The molecule has 0 aliphatic rings.